The third-order valence-electron chi connectivity index (χ3n) is 2.50. The molecule has 0 saturated heterocycles. The number of hydrogen-bond donors (Lipinski definition) is 0. The first kappa shape index (κ1) is 12.2. The van der Waals surface area contributed by atoms with Gasteiger partial charge in [-0.25, -0.2) is 14.6 Å². The third kappa shape index (κ3) is 2.38. The van der Waals surface area contributed by atoms with Gasteiger partial charge in [0.25, 0.3) is 5.56 Å². The second kappa shape index (κ2) is 4.94. The lowest BCUT2D eigenvalue weighted by molar-refractivity contribution is 0.573. The predicted octanol–water partition coefficient (Wildman–Crippen LogP) is 0.816. The fraction of sp³-hybridized carbons (Fsp3) is 0.400. The van der Waals surface area contributed by atoms with Gasteiger partial charge in [0.2, 0.25) is 0 Å². The van der Waals surface area contributed by atoms with Crippen LogP contribution in [0.3, 0.4) is 0 Å². The molecule has 0 aliphatic heterocycles. The topological polar surface area (TPSA) is 65.6 Å². The van der Waals surface area contributed by atoms with Crippen molar-refractivity contribution < 1.29 is 0 Å². The molecule has 0 aliphatic carbocycles. The summed E-state index contributed by atoms with van der Waals surface area (Å²) in [5.41, 5.74) is -0.0382. The molecule has 0 fully saturated rings. The minimum atomic E-state index is -0.0382. The van der Waals surface area contributed by atoms with Gasteiger partial charge in [0.15, 0.2) is 0 Å². The maximum absolute atomic E-state index is 12.0. The summed E-state index contributed by atoms with van der Waals surface area (Å²) in [6.45, 7) is 4.94. The van der Waals surface area contributed by atoms with Crippen LogP contribution in [0.15, 0.2) is 17.3 Å². The van der Waals surface area contributed by atoms with Gasteiger partial charge in [0.1, 0.15) is 18.0 Å². The Hall–Kier alpha value is -1.25. The molecule has 0 spiro atoms. The summed E-state index contributed by atoms with van der Waals surface area (Å²) in [6.07, 6.45) is 3.08. The summed E-state index contributed by atoms with van der Waals surface area (Å²) in [5, 5.41) is 4.08. The lowest BCUT2D eigenvalue weighted by Crippen LogP contribution is -2.27. The maximum atomic E-state index is 12.0. The highest BCUT2D eigenvalue weighted by Crippen LogP contribution is 2.01. The lowest BCUT2D eigenvalue weighted by Gasteiger charge is -2.09. The molecular formula is C10H12IN5O. The molecule has 6 nitrogen and oxygen atoms in total. The summed E-state index contributed by atoms with van der Waals surface area (Å²) < 4.78 is 3.99. The van der Waals surface area contributed by atoms with Gasteiger partial charge in [-0.05, 0) is 36.4 Å². The summed E-state index contributed by atoms with van der Waals surface area (Å²) in [7, 11) is 0. The number of halogens is 1. The standard InChI is InChI=1S/C10H12IN5O/c1-3-16-9(13-6-14-16)5-15-7(2)12-4-8(11)10(15)17/h4,6H,3,5H2,1-2H3. The summed E-state index contributed by atoms with van der Waals surface area (Å²) in [5.74, 6) is 1.45. The molecule has 17 heavy (non-hydrogen) atoms. The van der Waals surface area contributed by atoms with Crippen LogP contribution in [0, 0.1) is 10.5 Å². The van der Waals surface area contributed by atoms with Gasteiger partial charge < -0.3 is 0 Å². The fourth-order valence-electron chi connectivity index (χ4n) is 1.55. The van der Waals surface area contributed by atoms with Gasteiger partial charge in [0, 0.05) is 12.7 Å². The van der Waals surface area contributed by atoms with Crippen molar-refractivity contribution in [2.75, 3.05) is 0 Å². The van der Waals surface area contributed by atoms with Crippen LogP contribution in [-0.2, 0) is 13.1 Å². The van der Waals surface area contributed by atoms with E-state index in [2.05, 4.69) is 15.1 Å². The van der Waals surface area contributed by atoms with Crippen molar-refractivity contribution in [1.29, 1.82) is 0 Å². The van der Waals surface area contributed by atoms with Crippen LogP contribution in [-0.4, -0.2) is 24.3 Å². The van der Waals surface area contributed by atoms with Crippen LogP contribution in [0.2, 0.25) is 0 Å². The van der Waals surface area contributed by atoms with E-state index in [0.29, 0.717) is 15.9 Å². The molecule has 90 valence electrons. The maximum Gasteiger partial charge on any atom is 0.267 e. The van der Waals surface area contributed by atoms with E-state index in [1.807, 2.05) is 36.4 Å². The minimum Gasteiger partial charge on any atom is -0.288 e. The summed E-state index contributed by atoms with van der Waals surface area (Å²) in [4.78, 5) is 20.3. The van der Waals surface area contributed by atoms with E-state index in [1.54, 1.807) is 15.4 Å². The van der Waals surface area contributed by atoms with Crippen molar-refractivity contribution in [1.82, 2.24) is 24.3 Å². The molecule has 2 heterocycles. The van der Waals surface area contributed by atoms with Gasteiger partial charge in [-0.1, -0.05) is 0 Å². The molecule has 2 rings (SSSR count). The molecule has 2 aromatic heterocycles. The van der Waals surface area contributed by atoms with E-state index in [-0.39, 0.29) is 5.56 Å². The van der Waals surface area contributed by atoms with E-state index >= 15 is 0 Å². The molecule has 0 N–H and O–H groups in total. The van der Waals surface area contributed by atoms with E-state index in [4.69, 9.17) is 0 Å². The van der Waals surface area contributed by atoms with Crippen LogP contribution in [0.5, 0.6) is 0 Å². The Labute approximate surface area is 112 Å². The predicted molar refractivity (Wildman–Crippen MR) is 70.7 cm³/mol. The van der Waals surface area contributed by atoms with Crippen molar-refractivity contribution in [3.8, 4) is 0 Å². The third-order valence-corrected chi connectivity index (χ3v) is 3.24. The molecule has 0 unspecified atom stereocenters. The number of aromatic nitrogens is 5. The fourth-order valence-corrected chi connectivity index (χ4v) is 1.98. The Kier molecular flexibility index (Phi) is 3.55. The largest absolute Gasteiger partial charge is 0.288 e. The van der Waals surface area contributed by atoms with Gasteiger partial charge in [-0.2, -0.15) is 5.10 Å². The molecule has 2 aromatic rings. The number of aryl methyl sites for hydroxylation is 2. The zero-order chi connectivity index (χ0) is 12.4. The SMILES string of the molecule is CCn1ncnc1Cn1c(C)ncc(I)c1=O. The first-order valence-electron chi connectivity index (χ1n) is 5.22. The van der Waals surface area contributed by atoms with Crippen LogP contribution >= 0.6 is 22.6 Å². The molecule has 0 bridgehead atoms. The highest BCUT2D eigenvalue weighted by atomic mass is 127. The van der Waals surface area contributed by atoms with Gasteiger partial charge in [0.05, 0.1) is 10.1 Å². The highest BCUT2D eigenvalue weighted by molar-refractivity contribution is 14.1. The Bertz CT molecular complexity index is 589. The minimum absolute atomic E-state index is 0.0382. The van der Waals surface area contributed by atoms with Crippen LogP contribution in [0.1, 0.15) is 18.6 Å². The average Bonchev–Trinajstić information content (AvgIpc) is 2.77. The Morgan fingerprint density at radius 3 is 2.88 bits per heavy atom. The first-order chi connectivity index (χ1) is 8.13. The van der Waals surface area contributed by atoms with Crippen molar-refractivity contribution in [2.24, 2.45) is 0 Å². The van der Waals surface area contributed by atoms with Crippen LogP contribution in [0.4, 0.5) is 0 Å². The van der Waals surface area contributed by atoms with Gasteiger partial charge in [-0.15, -0.1) is 0 Å². The van der Waals surface area contributed by atoms with E-state index in [9.17, 15) is 4.79 Å². The highest BCUT2D eigenvalue weighted by Gasteiger charge is 2.09. The molecule has 0 atom stereocenters. The van der Waals surface area contributed by atoms with Crippen LogP contribution < -0.4 is 5.56 Å². The quantitative estimate of drug-likeness (QED) is 0.773. The van der Waals surface area contributed by atoms with E-state index in [1.165, 1.54) is 6.33 Å². The molecule has 0 amide bonds. The first-order valence-corrected chi connectivity index (χ1v) is 6.30. The van der Waals surface area contributed by atoms with Crippen molar-refractivity contribution in [3.63, 3.8) is 0 Å². The molecular weight excluding hydrogens is 333 g/mol. The molecule has 0 aliphatic rings. The summed E-state index contributed by atoms with van der Waals surface area (Å²) in [6, 6.07) is 0. The Balaban J connectivity index is 2.43. The second-order valence-corrected chi connectivity index (χ2v) is 4.70. The molecule has 0 radical (unpaired) electrons. The molecule has 7 heteroatoms. The zero-order valence-corrected chi connectivity index (χ0v) is 11.7. The van der Waals surface area contributed by atoms with Crippen molar-refractivity contribution in [2.45, 2.75) is 26.9 Å². The smallest absolute Gasteiger partial charge is 0.267 e. The number of hydrogen-bond acceptors (Lipinski definition) is 4. The average molecular weight is 345 g/mol. The monoisotopic (exact) mass is 345 g/mol. The van der Waals surface area contributed by atoms with Gasteiger partial charge in [-0.3, -0.25) is 9.36 Å². The zero-order valence-electron chi connectivity index (χ0n) is 9.59. The number of rotatable bonds is 3. The van der Waals surface area contributed by atoms with Crippen molar-refractivity contribution in [3.05, 3.63) is 38.1 Å². The lowest BCUT2D eigenvalue weighted by atomic mass is 10.5. The number of nitrogens with zero attached hydrogens (tertiary/aromatic N) is 5. The van der Waals surface area contributed by atoms with Gasteiger partial charge >= 0.3 is 0 Å². The Morgan fingerprint density at radius 1 is 1.41 bits per heavy atom. The van der Waals surface area contributed by atoms with E-state index < -0.39 is 0 Å². The summed E-state index contributed by atoms with van der Waals surface area (Å²) >= 11 is 1.99. The second-order valence-electron chi connectivity index (χ2n) is 3.54. The van der Waals surface area contributed by atoms with Crippen LogP contribution in [0.25, 0.3) is 0 Å². The molecule has 0 aromatic carbocycles. The molecule has 0 saturated carbocycles. The Morgan fingerprint density at radius 2 is 2.18 bits per heavy atom. The van der Waals surface area contributed by atoms with E-state index in [0.717, 1.165) is 12.4 Å². The normalized spacial score (nSPS) is 10.8. The van der Waals surface area contributed by atoms with Crippen molar-refractivity contribution >= 4 is 22.6 Å².